The molecule has 94 valence electrons. The van der Waals surface area contributed by atoms with Crippen molar-refractivity contribution in [3.8, 4) is 0 Å². The molecular weight excluding hydrogens is 218 g/mol. The number of nitrogens with one attached hydrogen (secondary N) is 1. The summed E-state index contributed by atoms with van der Waals surface area (Å²) in [5.41, 5.74) is 0. The minimum Gasteiger partial charge on any atom is -0.378 e. The predicted octanol–water partition coefficient (Wildman–Crippen LogP) is 0.775. The summed E-state index contributed by atoms with van der Waals surface area (Å²) in [6, 6.07) is 0. The molecule has 6 nitrogen and oxygen atoms in total. The standard InChI is InChI=1S/C11H19N5O/c1-3-16(13-2)11(14-10-12)4-5-15-6-8-17-9-7-15/h4-5,10,12H,2-3,6-9H2,1H3/b5-4+,12-10?,14-11+. The lowest BCUT2D eigenvalue weighted by Crippen LogP contribution is -2.32. The van der Waals surface area contributed by atoms with Crippen LogP contribution in [0.15, 0.2) is 22.4 Å². The molecule has 1 heterocycles. The molecule has 0 saturated carbocycles. The number of morpholine rings is 1. The summed E-state index contributed by atoms with van der Waals surface area (Å²) in [4.78, 5) is 6.11. The van der Waals surface area contributed by atoms with E-state index in [0.29, 0.717) is 12.4 Å². The molecule has 0 aliphatic carbocycles. The van der Waals surface area contributed by atoms with Crippen LogP contribution in [0.5, 0.6) is 0 Å². The Kier molecular flexibility index (Phi) is 5.95. The largest absolute Gasteiger partial charge is 0.378 e. The van der Waals surface area contributed by atoms with Crippen molar-refractivity contribution in [1.29, 1.82) is 5.41 Å². The van der Waals surface area contributed by atoms with Gasteiger partial charge < -0.3 is 9.64 Å². The second kappa shape index (κ2) is 7.56. The van der Waals surface area contributed by atoms with Gasteiger partial charge in [-0.05, 0) is 13.0 Å². The molecule has 0 aromatic rings. The van der Waals surface area contributed by atoms with E-state index in [1.165, 1.54) is 0 Å². The van der Waals surface area contributed by atoms with E-state index in [1.807, 2.05) is 19.2 Å². The van der Waals surface area contributed by atoms with E-state index in [4.69, 9.17) is 10.1 Å². The average molecular weight is 237 g/mol. The third kappa shape index (κ3) is 4.36. The molecule has 0 aromatic carbocycles. The van der Waals surface area contributed by atoms with Gasteiger partial charge >= 0.3 is 0 Å². The summed E-state index contributed by atoms with van der Waals surface area (Å²) in [6.45, 7) is 9.36. The Hall–Kier alpha value is -1.69. The first-order valence-electron chi connectivity index (χ1n) is 5.62. The first kappa shape index (κ1) is 13.4. The summed E-state index contributed by atoms with van der Waals surface area (Å²) in [6.07, 6.45) is 4.81. The summed E-state index contributed by atoms with van der Waals surface area (Å²) in [5, 5.41) is 12.5. The third-order valence-corrected chi connectivity index (χ3v) is 2.41. The molecule has 1 rings (SSSR count). The summed E-state index contributed by atoms with van der Waals surface area (Å²) < 4.78 is 5.26. The van der Waals surface area contributed by atoms with Crippen molar-refractivity contribution < 1.29 is 4.74 Å². The molecule has 1 fully saturated rings. The molecule has 1 aliphatic rings. The van der Waals surface area contributed by atoms with E-state index in [-0.39, 0.29) is 0 Å². The summed E-state index contributed by atoms with van der Waals surface area (Å²) in [5.74, 6) is 0.615. The van der Waals surface area contributed by atoms with Gasteiger partial charge in [-0.25, -0.2) is 10.0 Å². The van der Waals surface area contributed by atoms with Crippen LogP contribution < -0.4 is 0 Å². The van der Waals surface area contributed by atoms with Crippen LogP contribution in [0, 0.1) is 5.41 Å². The van der Waals surface area contributed by atoms with Crippen LogP contribution in [0.25, 0.3) is 0 Å². The highest BCUT2D eigenvalue weighted by Gasteiger charge is 2.07. The number of nitrogens with zero attached hydrogens (tertiary/aromatic N) is 4. The number of aliphatic imine (C=N–C) groups is 1. The normalized spacial score (nSPS) is 17.2. The van der Waals surface area contributed by atoms with Gasteiger partial charge in [-0.2, -0.15) is 5.10 Å². The number of rotatable bonds is 5. The van der Waals surface area contributed by atoms with E-state index in [9.17, 15) is 0 Å². The minimum absolute atomic E-state index is 0.615. The zero-order chi connectivity index (χ0) is 12.5. The van der Waals surface area contributed by atoms with E-state index >= 15 is 0 Å². The highest BCUT2D eigenvalue weighted by molar-refractivity contribution is 5.97. The Balaban J connectivity index is 2.64. The molecule has 0 radical (unpaired) electrons. The molecule has 0 spiro atoms. The number of hydrazone groups is 1. The Morgan fingerprint density at radius 2 is 2.24 bits per heavy atom. The first-order chi connectivity index (χ1) is 8.31. The topological polar surface area (TPSA) is 64.3 Å². The zero-order valence-electron chi connectivity index (χ0n) is 10.2. The van der Waals surface area contributed by atoms with Crippen molar-refractivity contribution in [3.63, 3.8) is 0 Å². The van der Waals surface area contributed by atoms with E-state index < -0.39 is 0 Å². The van der Waals surface area contributed by atoms with Gasteiger partial charge in [-0.15, -0.1) is 0 Å². The summed E-state index contributed by atoms with van der Waals surface area (Å²) >= 11 is 0. The lowest BCUT2D eigenvalue weighted by molar-refractivity contribution is 0.0594. The Bertz CT molecular complexity index is 307. The zero-order valence-corrected chi connectivity index (χ0v) is 10.2. The van der Waals surface area contributed by atoms with Gasteiger partial charge in [-0.3, -0.25) is 5.41 Å². The van der Waals surface area contributed by atoms with E-state index in [1.54, 1.807) is 5.01 Å². The van der Waals surface area contributed by atoms with Crippen LogP contribution in [-0.4, -0.2) is 61.6 Å². The number of hydrogen-bond acceptors (Lipinski definition) is 4. The number of hydrogen-bond donors (Lipinski definition) is 1. The first-order valence-corrected chi connectivity index (χ1v) is 5.62. The van der Waals surface area contributed by atoms with Crippen LogP contribution in [0.1, 0.15) is 6.92 Å². The van der Waals surface area contributed by atoms with Crippen molar-refractivity contribution in [1.82, 2.24) is 9.91 Å². The molecule has 1 aliphatic heterocycles. The van der Waals surface area contributed by atoms with Gasteiger partial charge in [0.1, 0.15) is 6.34 Å². The number of amidine groups is 1. The van der Waals surface area contributed by atoms with Crippen molar-refractivity contribution >= 4 is 18.9 Å². The second-order valence-corrected chi connectivity index (χ2v) is 3.44. The number of likely N-dealkylation sites (N-methyl/N-ethyl adjacent to an activating group) is 1. The number of ether oxygens (including phenoxy) is 1. The van der Waals surface area contributed by atoms with Gasteiger partial charge in [-0.1, -0.05) is 0 Å². The maximum atomic E-state index is 7.03. The Morgan fingerprint density at radius 3 is 2.76 bits per heavy atom. The van der Waals surface area contributed by atoms with Crippen molar-refractivity contribution in [2.24, 2.45) is 10.1 Å². The second-order valence-electron chi connectivity index (χ2n) is 3.44. The lowest BCUT2D eigenvalue weighted by atomic mass is 10.4. The molecule has 0 aromatic heterocycles. The van der Waals surface area contributed by atoms with Gasteiger partial charge in [0.25, 0.3) is 0 Å². The molecule has 0 atom stereocenters. The van der Waals surface area contributed by atoms with E-state index in [2.05, 4.69) is 21.7 Å². The highest BCUT2D eigenvalue weighted by atomic mass is 16.5. The molecule has 17 heavy (non-hydrogen) atoms. The predicted molar refractivity (Wildman–Crippen MR) is 69.7 cm³/mol. The minimum atomic E-state index is 0.615. The van der Waals surface area contributed by atoms with Gasteiger partial charge in [0, 0.05) is 32.6 Å². The molecule has 0 amide bonds. The smallest absolute Gasteiger partial charge is 0.151 e. The maximum Gasteiger partial charge on any atom is 0.151 e. The lowest BCUT2D eigenvalue weighted by Gasteiger charge is -2.25. The van der Waals surface area contributed by atoms with Crippen LogP contribution >= 0.6 is 0 Å². The monoisotopic (exact) mass is 237 g/mol. The Labute approximate surface area is 102 Å². The summed E-state index contributed by atoms with van der Waals surface area (Å²) in [7, 11) is 0. The van der Waals surface area contributed by atoms with Crippen molar-refractivity contribution in [2.75, 3.05) is 32.8 Å². The van der Waals surface area contributed by atoms with Gasteiger partial charge in [0.15, 0.2) is 5.84 Å². The van der Waals surface area contributed by atoms with Gasteiger partial charge in [0.2, 0.25) is 0 Å². The molecule has 1 N–H and O–H groups in total. The van der Waals surface area contributed by atoms with Crippen LogP contribution in [-0.2, 0) is 4.74 Å². The molecule has 1 saturated heterocycles. The van der Waals surface area contributed by atoms with E-state index in [0.717, 1.165) is 32.6 Å². The van der Waals surface area contributed by atoms with Crippen molar-refractivity contribution in [3.05, 3.63) is 12.3 Å². The fraction of sp³-hybridized carbons (Fsp3) is 0.545. The quantitative estimate of drug-likeness (QED) is 0.436. The van der Waals surface area contributed by atoms with Gasteiger partial charge in [0.05, 0.1) is 13.2 Å². The fourth-order valence-corrected chi connectivity index (χ4v) is 1.49. The van der Waals surface area contributed by atoms with Crippen LogP contribution in [0.4, 0.5) is 0 Å². The fourth-order valence-electron chi connectivity index (χ4n) is 1.49. The molecule has 0 bridgehead atoms. The van der Waals surface area contributed by atoms with Crippen molar-refractivity contribution in [2.45, 2.75) is 6.92 Å². The average Bonchev–Trinajstić information content (AvgIpc) is 2.38. The molecule has 6 heteroatoms. The molecule has 0 unspecified atom stereocenters. The molecular formula is C11H19N5O. The highest BCUT2D eigenvalue weighted by Crippen LogP contribution is 2.00. The van der Waals surface area contributed by atoms with Crippen LogP contribution in [0.2, 0.25) is 0 Å². The SMILES string of the molecule is C=NN(CC)C(/C=C/N1CCOCC1)=N/C=N. The maximum absolute atomic E-state index is 7.03. The van der Waals surface area contributed by atoms with Crippen LogP contribution in [0.3, 0.4) is 0 Å². The Morgan fingerprint density at radius 1 is 1.53 bits per heavy atom. The third-order valence-electron chi connectivity index (χ3n) is 2.41.